The minimum absolute atomic E-state index is 0.0450. The Balaban J connectivity index is 2.28. The number of carboxylic acids is 1. The summed E-state index contributed by atoms with van der Waals surface area (Å²) in [5.41, 5.74) is 0.624. The number of carbonyl (C=O) groups is 2. The van der Waals surface area contributed by atoms with E-state index in [2.05, 4.69) is 27.9 Å². The van der Waals surface area contributed by atoms with Gasteiger partial charge in [0.1, 0.15) is 0 Å². The lowest BCUT2D eigenvalue weighted by Gasteiger charge is -2.09. The summed E-state index contributed by atoms with van der Waals surface area (Å²) in [4.78, 5) is 23.2. The molecular weight excluding hydrogens is 393 g/mol. The second-order valence-corrected chi connectivity index (χ2v) is 5.64. The Labute approximate surface area is 133 Å². The van der Waals surface area contributed by atoms with Crippen LogP contribution >= 0.6 is 34.2 Å². The molecule has 0 aliphatic rings. The molecule has 0 bridgehead atoms. The first-order valence-electron chi connectivity index (χ1n) is 5.57. The van der Waals surface area contributed by atoms with E-state index >= 15 is 0 Å². The van der Waals surface area contributed by atoms with Crippen LogP contribution in [0, 0.1) is 3.57 Å². The summed E-state index contributed by atoms with van der Waals surface area (Å²) in [5, 5.41) is 12.0. The molecule has 0 heterocycles. The fraction of sp³-hybridized carbons (Fsp3) is 0. The highest BCUT2D eigenvalue weighted by molar-refractivity contribution is 14.1. The highest BCUT2D eigenvalue weighted by Crippen LogP contribution is 2.21. The maximum atomic E-state index is 12.0. The second-order valence-electron chi connectivity index (χ2n) is 3.96. The molecular formula is C14H9ClINO3. The zero-order chi connectivity index (χ0) is 14.7. The number of halogens is 2. The van der Waals surface area contributed by atoms with E-state index in [1.165, 1.54) is 18.2 Å². The summed E-state index contributed by atoms with van der Waals surface area (Å²) >= 11 is 7.89. The number of anilines is 1. The van der Waals surface area contributed by atoms with E-state index in [0.717, 1.165) is 3.57 Å². The van der Waals surface area contributed by atoms with Crippen molar-refractivity contribution in [2.75, 3.05) is 5.32 Å². The van der Waals surface area contributed by atoms with Crippen LogP contribution in [0.1, 0.15) is 20.7 Å². The van der Waals surface area contributed by atoms with Crippen LogP contribution < -0.4 is 5.32 Å². The van der Waals surface area contributed by atoms with Gasteiger partial charge in [-0.2, -0.15) is 0 Å². The van der Waals surface area contributed by atoms with Gasteiger partial charge in [-0.05, 0) is 65.1 Å². The predicted molar refractivity (Wildman–Crippen MR) is 85.5 cm³/mol. The third-order valence-electron chi connectivity index (χ3n) is 2.57. The lowest BCUT2D eigenvalue weighted by molar-refractivity contribution is 0.0698. The van der Waals surface area contributed by atoms with Crippen molar-refractivity contribution in [3.05, 3.63) is 62.2 Å². The molecule has 20 heavy (non-hydrogen) atoms. The summed E-state index contributed by atoms with van der Waals surface area (Å²) in [6.45, 7) is 0. The molecule has 0 fully saturated rings. The molecule has 2 aromatic carbocycles. The molecule has 0 saturated heterocycles. The van der Waals surface area contributed by atoms with Crippen molar-refractivity contribution in [2.45, 2.75) is 0 Å². The van der Waals surface area contributed by atoms with Crippen molar-refractivity contribution in [1.82, 2.24) is 0 Å². The Morgan fingerprint density at radius 3 is 2.35 bits per heavy atom. The third kappa shape index (κ3) is 3.49. The molecule has 0 spiro atoms. The largest absolute Gasteiger partial charge is 0.478 e. The molecule has 4 nitrogen and oxygen atoms in total. The fourth-order valence-electron chi connectivity index (χ4n) is 1.60. The van der Waals surface area contributed by atoms with Crippen LogP contribution in [0.4, 0.5) is 5.69 Å². The van der Waals surface area contributed by atoms with Crippen LogP contribution in [0.3, 0.4) is 0 Å². The molecule has 1 amide bonds. The molecule has 0 aliphatic carbocycles. The Hall–Kier alpha value is -1.60. The molecule has 2 rings (SSSR count). The van der Waals surface area contributed by atoms with Gasteiger partial charge in [-0.1, -0.05) is 11.6 Å². The maximum Gasteiger partial charge on any atom is 0.337 e. The smallest absolute Gasteiger partial charge is 0.337 e. The van der Waals surface area contributed by atoms with Gasteiger partial charge in [0.2, 0.25) is 0 Å². The lowest BCUT2D eigenvalue weighted by atomic mass is 10.1. The van der Waals surface area contributed by atoms with E-state index in [1.807, 2.05) is 0 Å². The highest BCUT2D eigenvalue weighted by atomic mass is 127. The molecule has 0 unspecified atom stereocenters. The lowest BCUT2D eigenvalue weighted by Crippen LogP contribution is -2.14. The Bertz CT molecular complexity index is 671. The van der Waals surface area contributed by atoms with Crippen molar-refractivity contribution in [3.63, 3.8) is 0 Å². The topological polar surface area (TPSA) is 66.4 Å². The van der Waals surface area contributed by atoms with Gasteiger partial charge in [0.05, 0.1) is 11.3 Å². The second kappa shape index (κ2) is 6.23. The first kappa shape index (κ1) is 14.8. The van der Waals surface area contributed by atoms with Crippen molar-refractivity contribution in [2.24, 2.45) is 0 Å². The number of hydrogen-bond acceptors (Lipinski definition) is 2. The van der Waals surface area contributed by atoms with Crippen LogP contribution in [-0.4, -0.2) is 17.0 Å². The van der Waals surface area contributed by atoms with Gasteiger partial charge < -0.3 is 10.4 Å². The van der Waals surface area contributed by atoms with Gasteiger partial charge in [0.15, 0.2) is 0 Å². The van der Waals surface area contributed by atoms with Gasteiger partial charge in [0.25, 0.3) is 5.91 Å². The number of aromatic carboxylic acids is 1. The number of benzene rings is 2. The van der Waals surface area contributed by atoms with E-state index in [0.29, 0.717) is 10.6 Å². The van der Waals surface area contributed by atoms with Crippen molar-refractivity contribution < 1.29 is 14.7 Å². The van der Waals surface area contributed by atoms with Crippen molar-refractivity contribution in [3.8, 4) is 0 Å². The van der Waals surface area contributed by atoms with E-state index < -0.39 is 5.97 Å². The number of rotatable bonds is 3. The first-order valence-corrected chi connectivity index (χ1v) is 7.03. The SMILES string of the molecule is O=C(Nc1ccc(Cl)cc1C(=O)O)c1ccc(I)cc1. The predicted octanol–water partition coefficient (Wildman–Crippen LogP) is 3.90. The Morgan fingerprint density at radius 2 is 1.75 bits per heavy atom. The third-order valence-corrected chi connectivity index (χ3v) is 3.52. The van der Waals surface area contributed by atoms with Crippen molar-refractivity contribution >= 4 is 51.8 Å². The van der Waals surface area contributed by atoms with Gasteiger partial charge >= 0.3 is 5.97 Å². The van der Waals surface area contributed by atoms with Gasteiger partial charge in [-0.15, -0.1) is 0 Å². The number of nitrogens with one attached hydrogen (secondary N) is 1. The van der Waals surface area contributed by atoms with E-state index in [4.69, 9.17) is 16.7 Å². The Morgan fingerprint density at radius 1 is 1.10 bits per heavy atom. The van der Waals surface area contributed by atoms with Crippen LogP contribution in [0.2, 0.25) is 5.02 Å². The Kier molecular flexibility index (Phi) is 4.61. The molecule has 2 N–H and O–H groups in total. The first-order chi connectivity index (χ1) is 9.47. The van der Waals surface area contributed by atoms with Crippen molar-refractivity contribution in [1.29, 1.82) is 0 Å². The van der Waals surface area contributed by atoms with Crippen LogP contribution in [-0.2, 0) is 0 Å². The van der Waals surface area contributed by atoms with E-state index in [1.54, 1.807) is 24.3 Å². The normalized spacial score (nSPS) is 10.1. The van der Waals surface area contributed by atoms with Gasteiger partial charge in [-0.25, -0.2) is 4.79 Å². The van der Waals surface area contributed by atoms with E-state index in [9.17, 15) is 9.59 Å². The zero-order valence-electron chi connectivity index (χ0n) is 10.1. The minimum atomic E-state index is -1.15. The molecule has 102 valence electrons. The van der Waals surface area contributed by atoms with Crippen LogP contribution in [0.15, 0.2) is 42.5 Å². The monoisotopic (exact) mass is 401 g/mol. The molecule has 6 heteroatoms. The fourth-order valence-corrected chi connectivity index (χ4v) is 2.13. The minimum Gasteiger partial charge on any atom is -0.478 e. The quantitative estimate of drug-likeness (QED) is 0.767. The van der Waals surface area contributed by atoms with E-state index in [-0.39, 0.29) is 17.2 Å². The van der Waals surface area contributed by atoms with Crippen LogP contribution in [0.5, 0.6) is 0 Å². The number of carbonyl (C=O) groups excluding carboxylic acids is 1. The summed E-state index contributed by atoms with van der Waals surface area (Å²) < 4.78 is 1.01. The molecule has 0 atom stereocenters. The molecule has 2 aromatic rings. The maximum absolute atomic E-state index is 12.0. The summed E-state index contributed by atoms with van der Waals surface area (Å²) in [6, 6.07) is 11.2. The average Bonchev–Trinajstić information content (AvgIpc) is 2.41. The number of amides is 1. The van der Waals surface area contributed by atoms with Gasteiger partial charge in [0, 0.05) is 14.2 Å². The molecule has 0 aliphatic heterocycles. The molecule has 0 saturated carbocycles. The van der Waals surface area contributed by atoms with Crippen LogP contribution in [0.25, 0.3) is 0 Å². The van der Waals surface area contributed by atoms with Gasteiger partial charge in [-0.3, -0.25) is 4.79 Å². The summed E-state index contributed by atoms with van der Waals surface area (Å²) in [7, 11) is 0. The molecule has 0 aromatic heterocycles. The number of carboxylic acid groups (broad SMARTS) is 1. The zero-order valence-corrected chi connectivity index (χ0v) is 13.0. The molecule has 0 radical (unpaired) electrons. The summed E-state index contributed by atoms with van der Waals surface area (Å²) in [6.07, 6.45) is 0. The summed E-state index contributed by atoms with van der Waals surface area (Å²) in [5.74, 6) is -1.52. The highest BCUT2D eigenvalue weighted by Gasteiger charge is 2.14. The number of hydrogen-bond donors (Lipinski definition) is 2. The average molecular weight is 402 g/mol. The standard InChI is InChI=1S/C14H9ClINO3/c15-9-3-6-12(11(7-9)14(19)20)17-13(18)8-1-4-10(16)5-2-8/h1-7H,(H,17,18)(H,19,20).